The van der Waals surface area contributed by atoms with E-state index in [1.165, 1.54) is 0 Å². The lowest BCUT2D eigenvalue weighted by Crippen LogP contribution is -2.74. The van der Waals surface area contributed by atoms with Crippen LogP contribution in [0.4, 0.5) is 23.7 Å². The van der Waals surface area contributed by atoms with Gasteiger partial charge in [-0.1, -0.05) is 24.6 Å². The molecular formula is C31H35ClF3N7O5. The number of likely N-dealkylation sites (tertiary alicyclic amines) is 1. The van der Waals surface area contributed by atoms with Crippen molar-refractivity contribution in [1.29, 1.82) is 0 Å². The van der Waals surface area contributed by atoms with Gasteiger partial charge in [-0.15, -0.1) is 5.10 Å². The molecule has 3 aliphatic heterocycles. The molecule has 0 aliphatic carbocycles. The highest BCUT2D eigenvalue weighted by Gasteiger charge is 2.61. The van der Waals surface area contributed by atoms with E-state index in [2.05, 4.69) is 20.7 Å². The van der Waals surface area contributed by atoms with E-state index >= 15 is 0 Å². The Bertz CT molecular complexity index is 1840. The van der Waals surface area contributed by atoms with Crippen molar-refractivity contribution < 1.29 is 32.2 Å². The first-order valence-corrected chi connectivity index (χ1v) is 15.7. The Balaban J connectivity index is 1.46. The molecule has 1 atom stereocenters. The fraction of sp³-hybridized carbons (Fsp3) is 0.516. The van der Waals surface area contributed by atoms with E-state index in [0.29, 0.717) is 56.4 Å². The minimum Gasteiger partial charge on any atom is -0.444 e. The van der Waals surface area contributed by atoms with Crippen molar-refractivity contribution in [3.63, 3.8) is 0 Å². The number of nitrogens with zero attached hydrogens (tertiary/aromatic N) is 5. The van der Waals surface area contributed by atoms with Gasteiger partial charge in [-0.25, -0.2) is 4.79 Å². The van der Waals surface area contributed by atoms with Crippen molar-refractivity contribution in [3.8, 4) is 0 Å². The van der Waals surface area contributed by atoms with Crippen molar-refractivity contribution in [2.24, 2.45) is 5.41 Å². The van der Waals surface area contributed by atoms with E-state index in [9.17, 15) is 27.6 Å². The summed E-state index contributed by atoms with van der Waals surface area (Å²) in [6, 6.07) is 1.99. The van der Waals surface area contributed by atoms with Gasteiger partial charge < -0.3 is 24.7 Å². The number of carbonyl (C=O) groups excluding carboxylic acids is 2. The molecule has 5 heterocycles. The summed E-state index contributed by atoms with van der Waals surface area (Å²) in [5, 5.41) is 10.1. The lowest BCUT2D eigenvalue weighted by molar-refractivity contribution is -0.137. The molecule has 1 unspecified atom stereocenters. The summed E-state index contributed by atoms with van der Waals surface area (Å²) >= 11 is 6.12. The standard InChI is InChI=1S/C31H35ClF3N7O5/c1-5-21-23(24-30(14-36-15-30)16-41(24)28(45)47-29(2,3)4)26(44)42-27(38-25(39-42)17-8-10-46-11-9-17)40(21)13-22(43)37-20-7-6-18(12-19(20)32)31(33,34)35/h6-8,12,24,36H,5,9-11,13-16H2,1-4H3,(H,37,43). The predicted octanol–water partition coefficient (Wildman–Crippen LogP) is 4.45. The van der Waals surface area contributed by atoms with Crippen molar-refractivity contribution >= 4 is 40.6 Å². The maximum absolute atomic E-state index is 14.4. The van der Waals surface area contributed by atoms with E-state index in [0.717, 1.165) is 28.3 Å². The fourth-order valence-corrected chi connectivity index (χ4v) is 6.60. The van der Waals surface area contributed by atoms with Crippen LogP contribution >= 0.6 is 11.6 Å². The highest BCUT2D eigenvalue weighted by atomic mass is 35.5. The molecule has 2 saturated heterocycles. The van der Waals surface area contributed by atoms with E-state index in [1.807, 2.05) is 13.0 Å². The Morgan fingerprint density at radius 1 is 1.23 bits per heavy atom. The van der Waals surface area contributed by atoms with Crippen LogP contribution in [0.15, 0.2) is 29.1 Å². The van der Waals surface area contributed by atoms with Gasteiger partial charge in [0.2, 0.25) is 11.7 Å². The quantitative estimate of drug-likeness (QED) is 0.391. The zero-order chi connectivity index (χ0) is 33.9. The third-order valence-corrected chi connectivity index (χ3v) is 8.89. The number of halogens is 4. The average molecular weight is 678 g/mol. The van der Waals surface area contributed by atoms with E-state index in [1.54, 1.807) is 30.2 Å². The highest BCUT2D eigenvalue weighted by Crippen LogP contribution is 2.52. The second kappa shape index (κ2) is 11.9. The van der Waals surface area contributed by atoms with Crippen LogP contribution in [0.5, 0.6) is 0 Å². The Labute approximate surface area is 272 Å². The minimum atomic E-state index is -4.60. The largest absolute Gasteiger partial charge is 0.444 e. The van der Waals surface area contributed by atoms with E-state index < -0.39 is 46.4 Å². The molecule has 252 valence electrons. The van der Waals surface area contributed by atoms with Gasteiger partial charge in [-0.05, 0) is 57.4 Å². The Kier molecular flexibility index (Phi) is 8.37. The fourth-order valence-electron chi connectivity index (χ4n) is 6.37. The number of alkyl halides is 3. The van der Waals surface area contributed by atoms with E-state index in [4.69, 9.17) is 21.1 Å². The molecule has 0 radical (unpaired) electrons. The number of nitrogens with one attached hydrogen (secondary N) is 2. The number of anilines is 1. The number of rotatable bonds is 6. The van der Waals surface area contributed by atoms with E-state index in [-0.39, 0.29) is 29.5 Å². The van der Waals surface area contributed by atoms with Crippen LogP contribution in [0.2, 0.25) is 5.02 Å². The third kappa shape index (κ3) is 6.11. The average Bonchev–Trinajstić information content (AvgIpc) is 3.40. The molecule has 3 aromatic rings. The smallest absolute Gasteiger partial charge is 0.416 e. The van der Waals surface area contributed by atoms with Crippen molar-refractivity contribution in [1.82, 2.24) is 29.4 Å². The van der Waals surface area contributed by atoms with Gasteiger partial charge in [0.15, 0.2) is 5.82 Å². The molecule has 16 heteroatoms. The Morgan fingerprint density at radius 2 is 1.98 bits per heavy atom. The van der Waals surface area contributed by atoms with Crippen molar-refractivity contribution in [2.75, 3.05) is 38.2 Å². The normalized spacial score (nSPS) is 19.3. The molecule has 47 heavy (non-hydrogen) atoms. The van der Waals surface area contributed by atoms with Gasteiger partial charge in [0.25, 0.3) is 5.56 Å². The number of fused-ring (bicyclic) bond motifs is 1. The second-order valence-electron chi connectivity index (χ2n) is 13.0. The monoisotopic (exact) mass is 677 g/mol. The number of benzene rings is 1. The first-order valence-electron chi connectivity index (χ1n) is 15.3. The van der Waals surface area contributed by atoms with Gasteiger partial charge in [-0.3, -0.25) is 14.5 Å². The summed E-state index contributed by atoms with van der Waals surface area (Å²) in [4.78, 5) is 47.6. The maximum Gasteiger partial charge on any atom is 0.416 e. The summed E-state index contributed by atoms with van der Waals surface area (Å²) in [5.41, 5.74) is -1.06. The number of amides is 2. The Hall–Kier alpha value is -3.95. The van der Waals surface area contributed by atoms with Crippen LogP contribution in [0.3, 0.4) is 0 Å². The molecule has 2 N–H and O–H groups in total. The molecule has 2 amide bonds. The number of hydrogen-bond acceptors (Lipinski definition) is 8. The van der Waals surface area contributed by atoms with Gasteiger partial charge in [0.05, 0.1) is 41.1 Å². The number of hydrogen-bond donors (Lipinski definition) is 2. The number of ether oxygens (including phenoxy) is 2. The summed E-state index contributed by atoms with van der Waals surface area (Å²) in [5.74, 6) is -0.205. The van der Waals surface area contributed by atoms with Gasteiger partial charge >= 0.3 is 12.3 Å². The maximum atomic E-state index is 14.4. The second-order valence-corrected chi connectivity index (χ2v) is 13.4. The lowest BCUT2D eigenvalue weighted by Gasteiger charge is -2.61. The van der Waals surface area contributed by atoms with Crippen LogP contribution < -0.4 is 16.2 Å². The molecule has 0 saturated carbocycles. The number of aromatic nitrogens is 4. The Morgan fingerprint density at radius 3 is 2.55 bits per heavy atom. The van der Waals surface area contributed by atoms with Crippen LogP contribution in [0, 0.1) is 5.41 Å². The predicted molar refractivity (Wildman–Crippen MR) is 166 cm³/mol. The zero-order valence-electron chi connectivity index (χ0n) is 26.3. The van der Waals surface area contributed by atoms with Crippen LogP contribution in [-0.4, -0.2) is 74.5 Å². The lowest BCUT2D eigenvalue weighted by atomic mass is 9.64. The molecule has 6 rings (SSSR count). The van der Waals surface area contributed by atoms with Gasteiger partial charge in [-0.2, -0.15) is 22.7 Å². The minimum absolute atomic E-state index is 0.0101. The molecule has 12 nitrogen and oxygen atoms in total. The summed E-state index contributed by atoms with van der Waals surface area (Å²) in [6.07, 6.45) is -2.52. The van der Waals surface area contributed by atoms with Crippen molar-refractivity contribution in [2.45, 2.75) is 64.9 Å². The van der Waals surface area contributed by atoms with Crippen LogP contribution in [0.25, 0.3) is 11.4 Å². The SMILES string of the molecule is CCc1c(C2N(C(=O)OC(C)(C)C)CC23CNC3)c(=O)n2nc(C3=CCOCC3)nc2n1CC(=O)Nc1ccc(C(F)(F)F)cc1Cl. The number of carbonyl (C=O) groups is 2. The summed E-state index contributed by atoms with van der Waals surface area (Å²) in [7, 11) is 0. The molecule has 2 aromatic heterocycles. The first kappa shape index (κ1) is 33.0. The third-order valence-electron chi connectivity index (χ3n) is 8.58. The van der Waals surface area contributed by atoms with Crippen LogP contribution in [-0.2, 0) is 33.4 Å². The molecular weight excluding hydrogens is 643 g/mol. The summed E-state index contributed by atoms with van der Waals surface area (Å²) in [6.45, 7) is 9.08. The van der Waals surface area contributed by atoms with Crippen LogP contribution in [0.1, 0.15) is 62.8 Å². The zero-order valence-corrected chi connectivity index (χ0v) is 27.1. The molecule has 3 aliphatic rings. The molecule has 2 fully saturated rings. The van der Waals surface area contributed by atoms with Gasteiger partial charge in [0, 0.05) is 30.7 Å². The van der Waals surface area contributed by atoms with Crippen molar-refractivity contribution in [3.05, 3.63) is 62.3 Å². The summed E-state index contributed by atoms with van der Waals surface area (Å²) < 4.78 is 53.4. The van der Waals surface area contributed by atoms with Gasteiger partial charge in [0.1, 0.15) is 12.1 Å². The first-order chi connectivity index (χ1) is 22.1. The molecule has 0 bridgehead atoms. The topological polar surface area (TPSA) is 132 Å². The molecule has 1 spiro atoms. The highest BCUT2D eigenvalue weighted by molar-refractivity contribution is 6.33. The molecule has 1 aromatic carbocycles.